The van der Waals surface area contributed by atoms with Crippen molar-refractivity contribution in [1.29, 1.82) is 0 Å². The molecule has 0 atom stereocenters. The number of esters is 1. The number of carbonyl (C=O) groups excluding carboxylic acids is 2. The number of rotatable bonds is 16. The van der Waals surface area contributed by atoms with Gasteiger partial charge in [0.1, 0.15) is 29.5 Å². The molecule has 19 nitrogen and oxygen atoms in total. The fraction of sp³-hybridized carbons (Fsp3) is 0.289. The smallest absolute Gasteiger partial charge is 0.453 e. The Morgan fingerprint density at radius 2 is 1.68 bits per heavy atom. The van der Waals surface area contributed by atoms with Crippen molar-refractivity contribution in [2.75, 3.05) is 0 Å². The highest BCUT2D eigenvalue weighted by Crippen LogP contribution is 2.31. The van der Waals surface area contributed by atoms with Gasteiger partial charge < -0.3 is 37.6 Å². The minimum absolute atomic E-state index is 0.0264. The van der Waals surface area contributed by atoms with E-state index >= 15 is 0 Å². The van der Waals surface area contributed by atoms with Crippen molar-refractivity contribution < 1.29 is 47.7 Å². The van der Waals surface area contributed by atoms with Gasteiger partial charge in [-0.3, -0.25) is 0 Å². The van der Waals surface area contributed by atoms with Crippen molar-refractivity contribution in [3.63, 3.8) is 0 Å². The summed E-state index contributed by atoms with van der Waals surface area (Å²) >= 11 is 0. The van der Waals surface area contributed by atoms with Crippen molar-refractivity contribution in [1.82, 2.24) is 29.8 Å². The lowest BCUT2D eigenvalue weighted by Gasteiger charge is -2.17. The zero-order valence-corrected chi connectivity index (χ0v) is 31.2. The van der Waals surface area contributed by atoms with Crippen LogP contribution in [0.5, 0.6) is 5.75 Å². The van der Waals surface area contributed by atoms with E-state index in [2.05, 4.69) is 25.2 Å². The molecule has 0 radical (unpaired) electrons. The van der Waals surface area contributed by atoms with Crippen LogP contribution in [0.2, 0.25) is 0 Å². The zero-order chi connectivity index (χ0) is 40.7. The molecule has 3 aromatic carbocycles. The van der Waals surface area contributed by atoms with Gasteiger partial charge in [0.25, 0.3) is 5.09 Å². The molecule has 57 heavy (non-hydrogen) atoms. The van der Waals surface area contributed by atoms with Crippen LogP contribution in [-0.2, 0) is 52.8 Å². The van der Waals surface area contributed by atoms with E-state index in [1.54, 1.807) is 16.7 Å². The van der Waals surface area contributed by atoms with Crippen LogP contribution < -0.4 is 10.6 Å². The Morgan fingerprint density at radius 3 is 2.37 bits per heavy atom. The van der Waals surface area contributed by atoms with E-state index in [9.17, 15) is 29.6 Å². The molecule has 0 fully saturated rings. The molecule has 6 aromatic rings. The first-order valence-electron chi connectivity index (χ1n) is 17.6. The average Bonchev–Trinajstić information content (AvgIpc) is 3.89. The fourth-order valence-corrected chi connectivity index (χ4v) is 5.81. The molecular formula is C38H37N7O12. The number of aliphatic hydroxyl groups is 1. The Labute approximate surface area is 323 Å². The topological polar surface area (TPSA) is 239 Å². The number of nitrogens with zero attached hydrogens (tertiary/aromatic N) is 7. The lowest BCUT2D eigenvalue weighted by Crippen LogP contribution is -2.23. The molecule has 0 bridgehead atoms. The summed E-state index contributed by atoms with van der Waals surface area (Å²) in [5, 5.41) is 33.2. The molecule has 0 aliphatic carbocycles. The Balaban J connectivity index is 1.18. The number of hydrogen-bond donors (Lipinski definition) is 1. The highest BCUT2D eigenvalue weighted by atomic mass is 16.9. The first-order valence-corrected chi connectivity index (χ1v) is 17.6. The van der Waals surface area contributed by atoms with E-state index < -0.39 is 42.0 Å². The lowest BCUT2D eigenvalue weighted by atomic mass is 9.98. The van der Waals surface area contributed by atoms with Crippen LogP contribution in [0.15, 0.2) is 86.4 Å². The standard InChI is InChI=1S/C38H37N7O12/c1-5-10-31-39-33(38(3,4)49)32(35(46)52-21-30-23(2)55-37(48)57-30)43(31)19-24-15-17-25(18-16-24)27-12-7-8-13-28(27)34-40-42-44(41-34)22-53-36(47)56-29-14-9-6-11-26(29)20-54-45(50)51/h6-9,11-18,49H,5,10,19-22H2,1-4H3. The third-order valence-corrected chi connectivity index (χ3v) is 8.48. The minimum atomic E-state index is -1.48. The first kappa shape index (κ1) is 39.5. The fourth-order valence-electron chi connectivity index (χ4n) is 5.81. The lowest BCUT2D eigenvalue weighted by molar-refractivity contribution is -0.763. The maximum Gasteiger partial charge on any atom is 0.519 e. The molecule has 0 amide bonds. The Bertz CT molecular complexity index is 2440. The van der Waals surface area contributed by atoms with Crippen molar-refractivity contribution in [3.8, 4) is 28.3 Å². The summed E-state index contributed by atoms with van der Waals surface area (Å²) in [7, 11) is 0. The molecule has 0 spiro atoms. The summed E-state index contributed by atoms with van der Waals surface area (Å²) in [6.45, 7) is 5.59. The van der Waals surface area contributed by atoms with Gasteiger partial charge in [-0.2, -0.15) is 0 Å². The van der Waals surface area contributed by atoms with Gasteiger partial charge in [0.05, 0.1) is 0 Å². The molecule has 296 valence electrons. The molecular weight excluding hydrogens is 746 g/mol. The number of carbonyl (C=O) groups is 2. The number of aromatic nitrogens is 6. The second-order valence-electron chi connectivity index (χ2n) is 13.1. The molecule has 0 aliphatic rings. The normalized spacial score (nSPS) is 11.3. The van der Waals surface area contributed by atoms with Crippen molar-refractivity contribution in [2.24, 2.45) is 0 Å². The Hall–Kier alpha value is -7.15. The largest absolute Gasteiger partial charge is 0.519 e. The highest BCUT2D eigenvalue weighted by molar-refractivity contribution is 5.89. The van der Waals surface area contributed by atoms with Gasteiger partial charge >= 0.3 is 17.9 Å². The monoisotopic (exact) mass is 783 g/mol. The summed E-state index contributed by atoms with van der Waals surface area (Å²) in [6.07, 6.45) is 0.145. The Morgan fingerprint density at radius 1 is 0.965 bits per heavy atom. The second kappa shape index (κ2) is 17.1. The van der Waals surface area contributed by atoms with Crippen LogP contribution in [0, 0.1) is 17.0 Å². The van der Waals surface area contributed by atoms with Crippen molar-refractivity contribution in [2.45, 2.75) is 72.6 Å². The third kappa shape index (κ3) is 9.57. The average molecular weight is 784 g/mol. The van der Waals surface area contributed by atoms with E-state index in [-0.39, 0.29) is 53.2 Å². The third-order valence-electron chi connectivity index (χ3n) is 8.48. The summed E-state index contributed by atoms with van der Waals surface area (Å²) in [4.78, 5) is 58.3. The van der Waals surface area contributed by atoms with Gasteiger partial charge in [0.15, 0.2) is 23.8 Å². The summed E-state index contributed by atoms with van der Waals surface area (Å²) in [6, 6.07) is 21.1. The minimum Gasteiger partial charge on any atom is -0.453 e. The van der Waals surface area contributed by atoms with Gasteiger partial charge in [-0.05, 0) is 55.2 Å². The van der Waals surface area contributed by atoms with Crippen LogP contribution in [-0.4, -0.2) is 52.1 Å². The molecule has 0 saturated carbocycles. The van der Waals surface area contributed by atoms with Crippen LogP contribution in [0.4, 0.5) is 4.79 Å². The summed E-state index contributed by atoms with van der Waals surface area (Å²) in [5.41, 5.74) is 2.06. The van der Waals surface area contributed by atoms with E-state index in [1.165, 1.54) is 32.9 Å². The number of tetrazole rings is 1. The summed E-state index contributed by atoms with van der Waals surface area (Å²) in [5.74, 6) is -0.541. The number of benzene rings is 3. The van der Waals surface area contributed by atoms with Crippen molar-refractivity contribution in [3.05, 3.63) is 133 Å². The molecule has 0 aliphatic heterocycles. The predicted molar refractivity (Wildman–Crippen MR) is 196 cm³/mol. The maximum atomic E-state index is 13.6. The van der Waals surface area contributed by atoms with Crippen LogP contribution >= 0.6 is 0 Å². The maximum absolute atomic E-state index is 13.6. The molecule has 19 heteroatoms. The van der Waals surface area contributed by atoms with Gasteiger partial charge in [0, 0.05) is 24.1 Å². The second-order valence-corrected chi connectivity index (χ2v) is 13.1. The number of aryl methyl sites for hydroxylation is 2. The Kier molecular flexibility index (Phi) is 11.9. The molecule has 0 saturated heterocycles. The van der Waals surface area contributed by atoms with Crippen LogP contribution in [0.25, 0.3) is 22.5 Å². The van der Waals surface area contributed by atoms with Gasteiger partial charge in [-0.1, -0.05) is 73.7 Å². The number of hydrogen-bond acceptors (Lipinski definition) is 16. The molecule has 1 N–H and O–H groups in total. The van der Waals surface area contributed by atoms with E-state index in [4.69, 9.17) is 23.0 Å². The highest BCUT2D eigenvalue weighted by Gasteiger charge is 2.33. The molecule has 3 aromatic heterocycles. The zero-order valence-electron chi connectivity index (χ0n) is 31.2. The van der Waals surface area contributed by atoms with Crippen LogP contribution in [0.3, 0.4) is 0 Å². The molecule has 6 rings (SSSR count). The van der Waals surface area contributed by atoms with E-state index in [0.717, 1.165) is 27.9 Å². The number of para-hydroxylation sites is 1. The predicted octanol–water partition coefficient (Wildman–Crippen LogP) is 5.52. The van der Waals surface area contributed by atoms with E-state index in [1.807, 2.05) is 55.5 Å². The van der Waals surface area contributed by atoms with Crippen LogP contribution in [0.1, 0.15) is 71.8 Å². The SMILES string of the molecule is CCCc1nc(C(C)(C)O)c(C(=O)OCc2oc(=O)oc2C)n1Cc1ccc(-c2ccccc2-c2nnn(COC(=O)Oc3ccccc3CO[N+](=O)[O-])n2)cc1. The molecule has 0 unspecified atom stereocenters. The van der Waals surface area contributed by atoms with Crippen molar-refractivity contribution >= 4 is 12.1 Å². The van der Waals surface area contributed by atoms with Gasteiger partial charge in [0.2, 0.25) is 12.6 Å². The van der Waals surface area contributed by atoms with Gasteiger partial charge in [-0.25, -0.2) is 19.4 Å². The molecule has 3 heterocycles. The summed E-state index contributed by atoms with van der Waals surface area (Å²) < 4.78 is 27.5. The van der Waals surface area contributed by atoms with Gasteiger partial charge in [-0.15, -0.1) is 25.1 Å². The number of imidazole rings is 1. The first-order chi connectivity index (χ1) is 27.3. The quantitative estimate of drug-likeness (QED) is 0.0550. The number of ether oxygens (including phenoxy) is 3. The van der Waals surface area contributed by atoms with E-state index in [0.29, 0.717) is 17.8 Å².